The van der Waals surface area contributed by atoms with E-state index in [4.69, 9.17) is 0 Å². The van der Waals surface area contributed by atoms with Crippen LogP contribution in [0, 0.1) is 0 Å². The van der Waals surface area contributed by atoms with Gasteiger partial charge in [-0.05, 0) is 0 Å². The van der Waals surface area contributed by atoms with E-state index in [0.717, 1.165) is 0 Å². The summed E-state index contributed by atoms with van der Waals surface area (Å²) in [6, 6.07) is 0. The zero-order valence-electron chi connectivity index (χ0n) is 5.90. The standard InChI is InChI=1S/C6H6BrF3N2/c7-4(6(8,9)10)3-5-11-1-2-12-5/h1-2,4H,3H2,(H,11,12). The summed E-state index contributed by atoms with van der Waals surface area (Å²) in [5, 5.41) is 0. The van der Waals surface area contributed by atoms with Crippen molar-refractivity contribution >= 4 is 15.9 Å². The molecule has 1 aromatic heterocycles. The van der Waals surface area contributed by atoms with Crippen LogP contribution in [-0.4, -0.2) is 21.0 Å². The molecule has 0 spiro atoms. The van der Waals surface area contributed by atoms with Gasteiger partial charge in [0.15, 0.2) is 0 Å². The smallest absolute Gasteiger partial charge is 0.349 e. The summed E-state index contributed by atoms with van der Waals surface area (Å²) < 4.78 is 35.9. The predicted molar refractivity (Wildman–Crippen MR) is 41.1 cm³/mol. The number of aromatic nitrogens is 2. The summed E-state index contributed by atoms with van der Waals surface area (Å²) in [6.07, 6.45) is -1.47. The highest BCUT2D eigenvalue weighted by molar-refractivity contribution is 9.09. The van der Waals surface area contributed by atoms with Crippen molar-refractivity contribution in [3.05, 3.63) is 18.2 Å². The quantitative estimate of drug-likeness (QED) is 0.793. The zero-order chi connectivity index (χ0) is 9.19. The lowest BCUT2D eigenvalue weighted by molar-refractivity contribution is -0.127. The largest absolute Gasteiger partial charge is 0.401 e. The van der Waals surface area contributed by atoms with Crippen molar-refractivity contribution < 1.29 is 13.2 Å². The van der Waals surface area contributed by atoms with E-state index in [0.29, 0.717) is 5.82 Å². The molecule has 1 atom stereocenters. The van der Waals surface area contributed by atoms with Gasteiger partial charge in [0.05, 0.1) is 0 Å². The fraction of sp³-hybridized carbons (Fsp3) is 0.500. The van der Waals surface area contributed by atoms with Crippen LogP contribution in [0.15, 0.2) is 12.4 Å². The molecule has 0 saturated heterocycles. The van der Waals surface area contributed by atoms with Gasteiger partial charge >= 0.3 is 6.18 Å². The second kappa shape index (κ2) is 3.47. The molecule has 1 heterocycles. The first-order chi connectivity index (χ1) is 5.50. The van der Waals surface area contributed by atoms with Gasteiger partial charge in [0.25, 0.3) is 0 Å². The third-order valence-corrected chi connectivity index (χ3v) is 2.13. The molecule has 0 aromatic carbocycles. The summed E-state index contributed by atoms with van der Waals surface area (Å²) in [6.45, 7) is 0. The van der Waals surface area contributed by atoms with Crippen LogP contribution >= 0.6 is 15.9 Å². The number of hydrogen-bond donors (Lipinski definition) is 1. The molecule has 0 aliphatic carbocycles. The Morgan fingerprint density at radius 3 is 2.67 bits per heavy atom. The van der Waals surface area contributed by atoms with E-state index >= 15 is 0 Å². The maximum atomic E-state index is 12.0. The fourth-order valence-corrected chi connectivity index (χ4v) is 1.00. The minimum atomic E-state index is -4.22. The average molecular weight is 243 g/mol. The van der Waals surface area contributed by atoms with Gasteiger partial charge in [0.2, 0.25) is 0 Å². The van der Waals surface area contributed by atoms with E-state index in [2.05, 4.69) is 25.9 Å². The van der Waals surface area contributed by atoms with Crippen LogP contribution < -0.4 is 0 Å². The van der Waals surface area contributed by atoms with Crippen LogP contribution in [0.3, 0.4) is 0 Å². The number of H-pyrrole nitrogens is 1. The molecule has 0 aliphatic heterocycles. The molecular formula is C6H6BrF3N2. The second-order valence-electron chi connectivity index (χ2n) is 2.25. The number of hydrogen-bond acceptors (Lipinski definition) is 1. The molecule has 0 saturated carbocycles. The third-order valence-electron chi connectivity index (χ3n) is 1.28. The Hall–Kier alpha value is -0.520. The summed E-state index contributed by atoms with van der Waals surface area (Å²) in [4.78, 5) is 4.75. The number of aromatic amines is 1. The molecule has 1 rings (SSSR count). The topological polar surface area (TPSA) is 28.7 Å². The van der Waals surface area contributed by atoms with Gasteiger partial charge in [-0.2, -0.15) is 13.2 Å². The lowest BCUT2D eigenvalue weighted by atomic mass is 10.3. The van der Waals surface area contributed by atoms with Crippen molar-refractivity contribution in [2.45, 2.75) is 17.4 Å². The van der Waals surface area contributed by atoms with Gasteiger partial charge in [0.1, 0.15) is 10.7 Å². The number of imidazole rings is 1. The van der Waals surface area contributed by atoms with Crippen molar-refractivity contribution in [3.63, 3.8) is 0 Å². The zero-order valence-corrected chi connectivity index (χ0v) is 7.48. The van der Waals surface area contributed by atoms with E-state index in [1.54, 1.807) is 0 Å². The molecule has 1 aromatic rings. The van der Waals surface area contributed by atoms with Crippen LogP contribution in [0.4, 0.5) is 13.2 Å². The monoisotopic (exact) mass is 242 g/mol. The first-order valence-corrected chi connectivity index (χ1v) is 4.11. The Bertz CT molecular complexity index is 231. The lowest BCUT2D eigenvalue weighted by Crippen LogP contribution is -2.25. The molecule has 6 heteroatoms. The Balaban J connectivity index is 2.53. The van der Waals surface area contributed by atoms with Crippen LogP contribution in [0.5, 0.6) is 0 Å². The number of rotatable bonds is 2. The number of nitrogens with one attached hydrogen (secondary N) is 1. The first kappa shape index (κ1) is 9.57. The molecule has 1 unspecified atom stereocenters. The van der Waals surface area contributed by atoms with Gasteiger partial charge in [-0.3, -0.25) is 0 Å². The molecular weight excluding hydrogens is 237 g/mol. The molecule has 1 N–H and O–H groups in total. The molecule has 0 amide bonds. The molecule has 0 radical (unpaired) electrons. The highest BCUT2D eigenvalue weighted by atomic mass is 79.9. The summed E-state index contributed by atoms with van der Waals surface area (Å²) in [5.41, 5.74) is 0. The molecule has 0 aliphatic rings. The van der Waals surface area contributed by atoms with E-state index in [1.165, 1.54) is 12.4 Å². The third kappa shape index (κ3) is 2.51. The highest BCUT2D eigenvalue weighted by Gasteiger charge is 2.37. The van der Waals surface area contributed by atoms with Crippen molar-refractivity contribution in [2.24, 2.45) is 0 Å². The van der Waals surface area contributed by atoms with E-state index < -0.39 is 11.0 Å². The van der Waals surface area contributed by atoms with Gasteiger partial charge in [-0.25, -0.2) is 4.98 Å². The minimum Gasteiger partial charge on any atom is -0.349 e. The first-order valence-electron chi connectivity index (χ1n) is 3.19. The SMILES string of the molecule is FC(F)(F)C(Br)Cc1ncc[nH]1. The van der Waals surface area contributed by atoms with Gasteiger partial charge in [-0.15, -0.1) is 0 Å². The van der Waals surface area contributed by atoms with Gasteiger partial charge in [-0.1, -0.05) is 15.9 Å². The second-order valence-corrected chi connectivity index (χ2v) is 3.35. The Morgan fingerprint density at radius 2 is 2.25 bits per heavy atom. The summed E-state index contributed by atoms with van der Waals surface area (Å²) in [5.74, 6) is 0.328. The van der Waals surface area contributed by atoms with Crippen LogP contribution in [-0.2, 0) is 6.42 Å². The number of nitrogens with zero attached hydrogens (tertiary/aromatic N) is 1. The maximum absolute atomic E-state index is 12.0. The van der Waals surface area contributed by atoms with Crippen LogP contribution in [0.1, 0.15) is 5.82 Å². The Morgan fingerprint density at radius 1 is 1.58 bits per heavy atom. The van der Waals surface area contributed by atoms with Crippen molar-refractivity contribution in [2.75, 3.05) is 0 Å². The minimum absolute atomic E-state index is 0.170. The van der Waals surface area contributed by atoms with E-state index in [1.807, 2.05) is 0 Å². The molecule has 0 bridgehead atoms. The Labute approximate surface area is 75.3 Å². The van der Waals surface area contributed by atoms with E-state index in [9.17, 15) is 13.2 Å². The molecule has 68 valence electrons. The van der Waals surface area contributed by atoms with Crippen molar-refractivity contribution in [1.82, 2.24) is 9.97 Å². The van der Waals surface area contributed by atoms with Crippen molar-refractivity contribution in [1.29, 1.82) is 0 Å². The summed E-state index contributed by atoms with van der Waals surface area (Å²) >= 11 is 2.53. The maximum Gasteiger partial charge on any atom is 0.401 e. The van der Waals surface area contributed by atoms with Crippen molar-refractivity contribution in [3.8, 4) is 0 Å². The van der Waals surface area contributed by atoms with Gasteiger partial charge in [0, 0.05) is 18.8 Å². The van der Waals surface area contributed by atoms with Crippen LogP contribution in [0.2, 0.25) is 0 Å². The lowest BCUT2D eigenvalue weighted by Gasteiger charge is -2.11. The Kier molecular flexibility index (Phi) is 2.76. The predicted octanol–water partition coefficient (Wildman–Crippen LogP) is 2.28. The number of halogens is 4. The molecule has 0 fully saturated rings. The normalized spacial score (nSPS) is 14.7. The van der Waals surface area contributed by atoms with Crippen LogP contribution in [0.25, 0.3) is 0 Å². The molecule has 2 nitrogen and oxygen atoms in total. The highest BCUT2D eigenvalue weighted by Crippen LogP contribution is 2.28. The number of alkyl halides is 4. The molecule has 12 heavy (non-hydrogen) atoms. The summed E-state index contributed by atoms with van der Waals surface area (Å²) in [7, 11) is 0. The van der Waals surface area contributed by atoms with Gasteiger partial charge < -0.3 is 4.98 Å². The van der Waals surface area contributed by atoms with E-state index in [-0.39, 0.29) is 6.42 Å². The average Bonchev–Trinajstić information content (AvgIpc) is 2.37. The fourth-order valence-electron chi connectivity index (χ4n) is 0.695.